The van der Waals surface area contributed by atoms with E-state index in [-0.39, 0.29) is 25.0 Å². The standard InChI is InChI=1S/C21H21N3O5S/c1-22-20(26)18-10-19(25)24(11-13-3-8-16-17(9-13)29-12-28-16)21(30-18)23-14-4-6-15(27-2)7-5-14/h3-9,18H,10-12H2,1-2H3,(H,22,26)/t18-/m0/s1. The van der Waals surface area contributed by atoms with Crippen LogP contribution in [0.3, 0.4) is 0 Å². The van der Waals surface area contributed by atoms with Gasteiger partial charge in [0.25, 0.3) is 0 Å². The number of carbonyl (C=O) groups is 2. The first-order chi connectivity index (χ1) is 14.6. The molecule has 0 saturated carbocycles. The van der Waals surface area contributed by atoms with Crippen molar-refractivity contribution in [1.82, 2.24) is 10.2 Å². The summed E-state index contributed by atoms with van der Waals surface area (Å²) >= 11 is 1.28. The van der Waals surface area contributed by atoms with Crippen LogP contribution in [0, 0.1) is 0 Å². The van der Waals surface area contributed by atoms with Crippen molar-refractivity contribution >= 4 is 34.4 Å². The van der Waals surface area contributed by atoms with E-state index < -0.39 is 5.25 Å². The van der Waals surface area contributed by atoms with Gasteiger partial charge in [0, 0.05) is 13.5 Å². The Bertz CT molecular complexity index is 993. The number of thioether (sulfide) groups is 1. The summed E-state index contributed by atoms with van der Waals surface area (Å²) in [5.41, 5.74) is 1.55. The van der Waals surface area contributed by atoms with Crippen LogP contribution in [-0.4, -0.2) is 48.1 Å². The number of hydrogen-bond donors (Lipinski definition) is 1. The van der Waals surface area contributed by atoms with Gasteiger partial charge in [0.05, 0.1) is 24.6 Å². The van der Waals surface area contributed by atoms with E-state index in [2.05, 4.69) is 10.3 Å². The zero-order valence-corrected chi connectivity index (χ0v) is 17.4. The summed E-state index contributed by atoms with van der Waals surface area (Å²) in [6.07, 6.45) is 0.108. The molecule has 2 aromatic carbocycles. The van der Waals surface area contributed by atoms with Gasteiger partial charge in [-0.15, -0.1) is 0 Å². The molecule has 1 atom stereocenters. The molecule has 9 heteroatoms. The predicted molar refractivity (Wildman–Crippen MR) is 113 cm³/mol. The molecule has 2 aliphatic heterocycles. The molecule has 8 nitrogen and oxygen atoms in total. The lowest BCUT2D eigenvalue weighted by atomic mass is 10.1. The number of ether oxygens (including phenoxy) is 3. The molecule has 4 rings (SSSR count). The molecular formula is C21H21N3O5S. The Hall–Kier alpha value is -3.20. The van der Waals surface area contributed by atoms with Crippen molar-refractivity contribution in [2.45, 2.75) is 18.2 Å². The quantitative estimate of drug-likeness (QED) is 0.789. The van der Waals surface area contributed by atoms with Crippen LogP contribution >= 0.6 is 11.8 Å². The molecular weight excluding hydrogens is 406 g/mol. The number of fused-ring (bicyclic) bond motifs is 1. The smallest absolute Gasteiger partial charge is 0.233 e. The zero-order chi connectivity index (χ0) is 21.1. The number of benzene rings is 2. The van der Waals surface area contributed by atoms with E-state index in [4.69, 9.17) is 14.2 Å². The Morgan fingerprint density at radius 2 is 2.00 bits per heavy atom. The summed E-state index contributed by atoms with van der Waals surface area (Å²) < 4.78 is 16.0. The van der Waals surface area contributed by atoms with Crippen molar-refractivity contribution in [1.29, 1.82) is 0 Å². The molecule has 2 heterocycles. The molecule has 1 fully saturated rings. The Morgan fingerprint density at radius 3 is 2.73 bits per heavy atom. The van der Waals surface area contributed by atoms with E-state index in [1.807, 2.05) is 18.2 Å². The summed E-state index contributed by atoms with van der Waals surface area (Å²) in [7, 11) is 3.16. The van der Waals surface area contributed by atoms with Gasteiger partial charge in [0.2, 0.25) is 18.6 Å². The number of methoxy groups -OCH3 is 1. The molecule has 1 N–H and O–H groups in total. The third kappa shape index (κ3) is 4.20. The van der Waals surface area contributed by atoms with Crippen LogP contribution in [0.2, 0.25) is 0 Å². The molecule has 1 saturated heterocycles. The summed E-state index contributed by atoms with van der Waals surface area (Å²) in [6, 6.07) is 12.8. The fourth-order valence-electron chi connectivity index (χ4n) is 3.15. The van der Waals surface area contributed by atoms with Gasteiger partial charge in [0.1, 0.15) is 5.75 Å². The number of aliphatic imine (C=N–C) groups is 1. The minimum Gasteiger partial charge on any atom is -0.497 e. The molecule has 156 valence electrons. The summed E-state index contributed by atoms with van der Waals surface area (Å²) in [5, 5.41) is 2.57. The molecule has 30 heavy (non-hydrogen) atoms. The Morgan fingerprint density at radius 1 is 1.23 bits per heavy atom. The van der Waals surface area contributed by atoms with Crippen LogP contribution in [0.15, 0.2) is 47.5 Å². The highest BCUT2D eigenvalue weighted by Gasteiger charge is 2.35. The average Bonchev–Trinajstić information content (AvgIpc) is 3.23. The number of amidine groups is 1. The van der Waals surface area contributed by atoms with Crippen molar-refractivity contribution in [3.63, 3.8) is 0 Å². The highest BCUT2D eigenvalue weighted by Crippen LogP contribution is 2.35. The molecule has 2 aliphatic rings. The van der Waals surface area contributed by atoms with Crippen molar-refractivity contribution in [3.05, 3.63) is 48.0 Å². The molecule has 0 radical (unpaired) electrons. The SMILES string of the molecule is CNC(=O)[C@@H]1CC(=O)N(Cc2ccc3c(c2)OCO3)C(=Nc2ccc(OC)cc2)S1. The lowest BCUT2D eigenvalue weighted by molar-refractivity contribution is -0.130. The zero-order valence-electron chi connectivity index (χ0n) is 16.6. The molecule has 0 aromatic heterocycles. The molecule has 0 unspecified atom stereocenters. The Balaban J connectivity index is 1.63. The van der Waals surface area contributed by atoms with Gasteiger partial charge in [-0.2, -0.15) is 0 Å². The normalized spacial score (nSPS) is 19.1. The maximum Gasteiger partial charge on any atom is 0.233 e. The predicted octanol–water partition coefficient (Wildman–Crippen LogP) is 2.69. The van der Waals surface area contributed by atoms with E-state index >= 15 is 0 Å². The summed E-state index contributed by atoms with van der Waals surface area (Å²) in [4.78, 5) is 31.4. The maximum absolute atomic E-state index is 12.9. The average molecular weight is 427 g/mol. The number of carbonyl (C=O) groups excluding carboxylic acids is 2. The van der Waals surface area contributed by atoms with Gasteiger partial charge in [0.15, 0.2) is 16.7 Å². The van der Waals surface area contributed by atoms with Gasteiger partial charge < -0.3 is 19.5 Å². The van der Waals surface area contributed by atoms with Crippen LogP contribution in [0.25, 0.3) is 0 Å². The Kier molecular flexibility index (Phi) is 5.80. The minimum atomic E-state index is -0.521. The van der Waals surface area contributed by atoms with Crippen LogP contribution < -0.4 is 19.5 Å². The van der Waals surface area contributed by atoms with Crippen LogP contribution in [0.5, 0.6) is 17.2 Å². The number of hydrogen-bond acceptors (Lipinski definition) is 7. The molecule has 2 aromatic rings. The molecule has 0 spiro atoms. The monoisotopic (exact) mass is 427 g/mol. The van der Waals surface area contributed by atoms with Gasteiger partial charge >= 0.3 is 0 Å². The lowest BCUT2D eigenvalue weighted by Crippen LogP contribution is -2.45. The highest BCUT2D eigenvalue weighted by atomic mass is 32.2. The second kappa shape index (κ2) is 8.66. The number of amides is 2. The molecule has 2 amide bonds. The van der Waals surface area contributed by atoms with Gasteiger partial charge in [-0.25, -0.2) is 4.99 Å². The van der Waals surface area contributed by atoms with Crippen LogP contribution in [0.1, 0.15) is 12.0 Å². The van der Waals surface area contributed by atoms with E-state index in [1.54, 1.807) is 43.3 Å². The van der Waals surface area contributed by atoms with Gasteiger partial charge in [-0.3, -0.25) is 14.5 Å². The first kappa shape index (κ1) is 20.1. The van der Waals surface area contributed by atoms with Crippen molar-refractivity contribution in [3.8, 4) is 17.2 Å². The molecule has 0 aliphatic carbocycles. The summed E-state index contributed by atoms with van der Waals surface area (Å²) in [6.45, 7) is 0.507. The second-order valence-corrected chi connectivity index (χ2v) is 7.85. The highest BCUT2D eigenvalue weighted by molar-refractivity contribution is 8.15. The van der Waals surface area contributed by atoms with E-state index in [0.29, 0.717) is 34.6 Å². The summed E-state index contributed by atoms with van der Waals surface area (Å²) in [5.74, 6) is 1.70. The third-order valence-electron chi connectivity index (χ3n) is 4.75. The van der Waals surface area contributed by atoms with Crippen LogP contribution in [-0.2, 0) is 16.1 Å². The number of nitrogens with zero attached hydrogens (tertiary/aromatic N) is 2. The maximum atomic E-state index is 12.9. The second-order valence-electron chi connectivity index (χ2n) is 6.68. The molecule has 0 bridgehead atoms. The third-order valence-corrected chi connectivity index (χ3v) is 5.94. The fourth-order valence-corrected chi connectivity index (χ4v) is 4.30. The van der Waals surface area contributed by atoms with Gasteiger partial charge in [-0.1, -0.05) is 17.8 Å². The van der Waals surface area contributed by atoms with E-state index in [0.717, 1.165) is 5.56 Å². The lowest BCUT2D eigenvalue weighted by Gasteiger charge is -2.31. The van der Waals surface area contributed by atoms with E-state index in [1.165, 1.54) is 11.8 Å². The topological polar surface area (TPSA) is 89.5 Å². The van der Waals surface area contributed by atoms with Crippen molar-refractivity contribution in [2.24, 2.45) is 4.99 Å². The Labute approximate surface area is 178 Å². The first-order valence-electron chi connectivity index (χ1n) is 9.37. The fraction of sp³-hybridized carbons (Fsp3) is 0.286. The first-order valence-corrected chi connectivity index (χ1v) is 10.2. The van der Waals surface area contributed by atoms with Gasteiger partial charge in [-0.05, 0) is 42.0 Å². The van der Waals surface area contributed by atoms with Crippen molar-refractivity contribution in [2.75, 3.05) is 21.0 Å². The van der Waals surface area contributed by atoms with Crippen molar-refractivity contribution < 1.29 is 23.8 Å². The van der Waals surface area contributed by atoms with E-state index in [9.17, 15) is 9.59 Å². The number of rotatable bonds is 5. The minimum absolute atomic E-state index is 0.108. The largest absolute Gasteiger partial charge is 0.497 e. The number of nitrogens with one attached hydrogen (secondary N) is 1. The van der Waals surface area contributed by atoms with Crippen LogP contribution in [0.4, 0.5) is 5.69 Å².